The van der Waals surface area contributed by atoms with Gasteiger partial charge in [-0.15, -0.1) is 11.6 Å². The average Bonchev–Trinajstić information content (AvgIpc) is 2.67. The first-order valence-electron chi connectivity index (χ1n) is 5.35. The van der Waals surface area contributed by atoms with Crippen molar-refractivity contribution in [1.29, 1.82) is 0 Å². The molecule has 0 aromatic rings. The van der Waals surface area contributed by atoms with Crippen LogP contribution in [0, 0.1) is 0 Å². The van der Waals surface area contributed by atoms with Gasteiger partial charge in [-0.3, -0.25) is 0 Å². The maximum absolute atomic E-state index is 11.4. The number of hydrogen-bond acceptors (Lipinski definition) is 2. The highest BCUT2D eigenvalue weighted by atomic mass is 35.5. The zero-order valence-corrected chi connectivity index (χ0v) is 10.4. The summed E-state index contributed by atoms with van der Waals surface area (Å²) in [4.78, 5) is 0. The van der Waals surface area contributed by atoms with Crippen LogP contribution in [0.15, 0.2) is 11.6 Å². The lowest BCUT2D eigenvalue weighted by Crippen LogP contribution is -2.27. The van der Waals surface area contributed by atoms with E-state index in [-0.39, 0.29) is 5.75 Å². The largest absolute Gasteiger partial charge is 0.215 e. The first-order chi connectivity index (χ1) is 7.14. The summed E-state index contributed by atoms with van der Waals surface area (Å²) in [5.74, 6) is 0.529. The molecule has 0 aliphatic heterocycles. The molecule has 0 amide bonds. The number of halogens is 1. The van der Waals surface area contributed by atoms with Gasteiger partial charge in [0, 0.05) is 12.4 Å². The first kappa shape index (κ1) is 13.0. The maximum atomic E-state index is 11.4. The van der Waals surface area contributed by atoms with Gasteiger partial charge in [0.2, 0.25) is 10.0 Å². The summed E-state index contributed by atoms with van der Waals surface area (Å²) in [6.07, 6.45) is 7.07. The van der Waals surface area contributed by atoms with E-state index in [1.165, 1.54) is 12.0 Å². The van der Waals surface area contributed by atoms with Gasteiger partial charge in [-0.05, 0) is 32.1 Å². The Labute approximate surface area is 96.9 Å². The van der Waals surface area contributed by atoms with Gasteiger partial charge in [-0.25, -0.2) is 13.1 Å². The van der Waals surface area contributed by atoms with E-state index in [4.69, 9.17) is 11.6 Å². The number of nitrogens with one attached hydrogen (secondary N) is 1. The summed E-state index contributed by atoms with van der Waals surface area (Å²) in [6, 6.07) is 0. The highest BCUT2D eigenvalue weighted by molar-refractivity contribution is 7.89. The topological polar surface area (TPSA) is 46.2 Å². The molecule has 0 heterocycles. The number of allylic oxidation sites excluding steroid dienone is 1. The van der Waals surface area contributed by atoms with E-state index in [2.05, 4.69) is 10.8 Å². The molecule has 3 nitrogen and oxygen atoms in total. The molecule has 0 aromatic carbocycles. The predicted octanol–water partition coefficient (Wildman–Crippen LogP) is 2.04. The Morgan fingerprint density at radius 2 is 2.27 bits per heavy atom. The van der Waals surface area contributed by atoms with Crippen molar-refractivity contribution in [2.24, 2.45) is 0 Å². The van der Waals surface area contributed by atoms with Crippen molar-refractivity contribution < 1.29 is 8.42 Å². The third kappa shape index (κ3) is 5.54. The summed E-state index contributed by atoms with van der Waals surface area (Å²) in [5, 5.41) is 0. The molecule has 1 N–H and O–H groups in total. The fourth-order valence-corrected chi connectivity index (χ4v) is 3.02. The van der Waals surface area contributed by atoms with Gasteiger partial charge in [0.25, 0.3) is 0 Å². The van der Waals surface area contributed by atoms with E-state index in [1.54, 1.807) is 0 Å². The number of rotatable bonds is 7. The number of hydrogen-bond donors (Lipinski definition) is 1. The fraction of sp³-hybridized carbons (Fsp3) is 0.800. The number of sulfonamides is 1. The van der Waals surface area contributed by atoms with Gasteiger partial charge in [0.05, 0.1) is 5.75 Å². The third-order valence-corrected chi connectivity index (χ3v) is 4.19. The Bertz CT molecular complexity index is 311. The lowest BCUT2D eigenvalue weighted by atomic mass is 10.2. The Balaban J connectivity index is 2.18. The second-order valence-corrected chi connectivity index (χ2v) is 6.06. The minimum atomic E-state index is -3.10. The molecule has 1 aliphatic rings. The molecule has 88 valence electrons. The minimum Gasteiger partial charge on any atom is -0.215 e. The van der Waals surface area contributed by atoms with Crippen LogP contribution in [0.2, 0.25) is 0 Å². The highest BCUT2D eigenvalue weighted by Gasteiger charge is 2.10. The zero-order valence-electron chi connectivity index (χ0n) is 8.84. The molecule has 0 spiro atoms. The molecule has 15 heavy (non-hydrogen) atoms. The smallest absolute Gasteiger partial charge is 0.211 e. The van der Waals surface area contributed by atoms with Crippen LogP contribution in [0.1, 0.15) is 32.1 Å². The van der Waals surface area contributed by atoms with Gasteiger partial charge >= 0.3 is 0 Å². The van der Waals surface area contributed by atoms with E-state index in [0.29, 0.717) is 18.8 Å². The van der Waals surface area contributed by atoms with Crippen molar-refractivity contribution in [1.82, 2.24) is 4.72 Å². The van der Waals surface area contributed by atoms with E-state index in [0.717, 1.165) is 19.3 Å². The van der Waals surface area contributed by atoms with Crippen LogP contribution in [-0.4, -0.2) is 26.6 Å². The van der Waals surface area contributed by atoms with Crippen molar-refractivity contribution >= 4 is 21.6 Å². The molecule has 0 aromatic heterocycles. The molecule has 0 atom stereocenters. The Morgan fingerprint density at radius 3 is 2.87 bits per heavy atom. The molecular weight excluding hydrogens is 234 g/mol. The summed E-state index contributed by atoms with van der Waals surface area (Å²) in [5.41, 5.74) is 1.38. The monoisotopic (exact) mass is 251 g/mol. The van der Waals surface area contributed by atoms with Crippen LogP contribution in [0.25, 0.3) is 0 Å². The van der Waals surface area contributed by atoms with Crippen molar-refractivity contribution in [3.8, 4) is 0 Å². The molecule has 0 fully saturated rings. The highest BCUT2D eigenvalue weighted by Crippen LogP contribution is 2.19. The Kier molecular flexibility index (Phi) is 5.64. The fourth-order valence-electron chi connectivity index (χ4n) is 1.65. The molecule has 0 saturated carbocycles. The van der Waals surface area contributed by atoms with Gasteiger partial charge in [0.15, 0.2) is 0 Å². The standard InChI is InChI=1S/C10H18ClNO2S/c11-7-3-9-15(13,14)12-8-6-10-4-1-2-5-10/h4,12H,1-3,5-9H2. The van der Waals surface area contributed by atoms with Gasteiger partial charge in [-0.2, -0.15) is 0 Å². The first-order valence-corrected chi connectivity index (χ1v) is 7.54. The van der Waals surface area contributed by atoms with Crippen molar-refractivity contribution in [2.75, 3.05) is 18.2 Å². The predicted molar refractivity (Wildman–Crippen MR) is 63.7 cm³/mol. The third-order valence-electron chi connectivity index (χ3n) is 2.45. The summed E-state index contributed by atoms with van der Waals surface area (Å²) in [6.45, 7) is 0.524. The molecule has 0 saturated heterocycles. The Hall–Kier alpha value is -0.0600. The van der Waals surface area contributed by atoms with Crippen molar-refractivity contribution in [3.05, 3.63) is 11.6 Å². The van der Waals surface area contributed by atoms with E-state index in [1.807, 2.05) is 0 Å². The normalized spacial score (nSPS) is 16.7. The molecule has 1 aliphatic carbocycles. The quantitative estimate of drug-likeness (QED) is 0.556. The van der Waals surface area contributed by atoms with Crippen LogP contribution in [0.5, 0.6) is 0 Å². The molecule has 1 rings (SSSR count). The van der Waals surface area contributed by atoms with Crippen LogP contribution >= 0.6 is 11.6 Å². The molecule has 0 unspecified atom stereocenters. The molecular formula is C10H18ClNO2S. The molecule has 0 bridgehead atoms. The van der Waals surface area contributed by atoms with E-state index in [9.17, 15) is 8.42 Å². The van der Waals surface area contributed by atoms with Crippen LogP contribution in [0.4, 0.5) is 0 Å². The SMILES string of the molecule is O=S(=O)(CCCCl)NCCC1=CCCC1. The van der Waals surface area contributed by atoms with Crippen molar-refractivity contribution in [2.45, 2.75) is 32.1 Å². The van der Waals surface area contributed by atoms with E-state index < -0.39 is 10.0 Å². The van der Waals surface area contributed by atoms with Crippen LogP contribution in [0.3, 0.4) is 0 Å². The summed E-state index contributed by atoms with van der Waals surface area (Å²) in [7, 11) is -3.10. The van der Waals surface area contributed by atoms with Crippen molar-refractivity contribution in [3.63, 3.8) is 0 Å². The second kappa shape index (κ2) is 6.51. The van der Waals surface area contributed by atoms with Gasteiger partial charge in [0.1, 0.15) is 0 Å². The summed E-state index contributed by atoms with van der Waals surface area (Å²) >= 11 is 5.44. The van der Waals surface area contributed by atoms with Gasteiger partial charge < -0.3 is 0 Å². The number of alkyl halides is 1. The minimum absolute atomic E-state index is 0.134. The molecule has 5 heteroatoms. The Morgan fingerprint density at radius 1 is 1.47 bits per heavy atom. The van der Waals surface area contributed by atoms with Crippen LogP contribution in [-0.2, 0) is 10.0 Å². The summed E-state index contributed by atoms with van der Waals surface area (Å²) < 4.78 is 25.3. The molecule has 0 radical (unpaired) electrons. The maximum Gasteiger partial charge on any atom is 0.211 e. The van der Waals surface area contributed by atoms with E-state index >= 15 is 0 Å². The second-order valence-electron chi connectivity index (χ2n) is 3.76. The lowest BCUT2D eigenvalue weighted by Gasteiger charge is -2.06. The van der Waals surface area contributed by atoms with Gasteiger partial charge in [-0.1, -0.05) is 11.6 Å². The average molecular weight is 252 g/mol. The van der Waals surface area contributed by atoms with Crippen LogP contribution < -0.4 is 4.72 Å². The zero-order chi connectivity index (χ0) is 11.1. The lowest BCUT2D eigenvalue weighted by molar-refractivity contribution is 0.580.